The van der Waals surface area contributed by atoms with Crippen molar-refractivity contribution in [2.75, 3.05) is 32.8 Å². The summed E-state index contributed by atoms with van der Waals surface area (Å²) in [4.78, 5) is 14.0. The molecule has 1 amide bonds. The number of rotatable bonds is 7. The molecule has 2 aromatic rings. The molecule has 1 N–H and O–H groups in total. The van der Waals surface area contributed by atoms with Gasteiger partial charge in [0.15, 0.2) is 0 Å². The van der Waals surface area contributed by atoms with Crippen LogP contribution >= 0.6 is 0 Å². The third-order valence-corrected chi connectivity index (χ3v) is 8.12. The molecule has 2 aromatic carbocycles. The highest BCUT2D eigenvalue weighted by molar-refractivity contribution is 7.94. The SMILES string of the molecule is CCN(CC)c1ccc(NS(=O)(=O)c2ccc(N3C(=O)CCS3(=O)=O)cc2)c(C)c1. The van der Waals surface area contributed by atoms with Crippen molar-refractivity contribution in [2.24, 2.45) is 0 Å². The maximum Gasteiger partial charge on any atom is 0.261 e. The van der Waals surface area contributed by atoms with Gasteiger partial charge < -0.3 is 4.90 Å². The zero-order chi connectivity index (χ0) is 22.1. The van der Waals surface area contributed by atoms with Crippen molar-refractivity contribution in [2.45, 2.75) is 32.1 Å². The first-order chi connectivity index (χ1) is 14.1. The molecule has 162 valence electrons. The van der Waals surface area contributed by atoms with Gasteiger partial charge in [0.05, 0.1) is 22.0 Å². The van der Waals surface area contributed by atoms with Gasteiger partial charge in [0.2, 0.25) is 15.9 Å². The lowest BCUT2D eigenvalue weighted by Gasteiger charge is -2.22. The topological polar surface area (TPSA) is 104 Å². The molecule has 0 unspecified atom stereocenters. The second-order valence-corrected chi connectivity index (χ2v) is 10.6. The average molecular weight is 452 g/mol. The minimum Gasteiger partial charge on any atom is -0.372 e. The Morgan fingerprint density at radius 3 is 2.20 bits per heavy atom. The standard InChI is InChI=1S/C20H25N3O5S2/c1-4-22(5-2)17-8-11-19(15(3)14-17)21-30(27,28)18-9-6-16(7-10-18)23-20(24)12-13-29(23,25)26/h6-11,14,21H,4-5,12-13H2,1-3H3. The van der Waals surface area contributed by atoms with E-state index in [1.165, 1.54) is 24.3 Å². The Hall–Kier alpha value is -2.59. The molecule has 10 heteroatoms. The van der Waals surface area contributed by atoms with Crippen LogP contribution in [0.3, 0.4) is 0 Å². The smallest absolute Gasteiger partial charge is 0.261 e. The quantitative estimate of drug-likeness (QED) is 0.694. The highest BCUT2D eigenvalue weighted by Crippen LogP contribution is 2.28. The monoisotopic (exact) mass is 451 g/mol. The highest BCUT2D eigenvalue weighted by Gasteiger charge is 2.36. The number of carbonyl (C=O) groups excluding carboxylic acids is 1. The van der Waals surface area contributed by atoms with Crippen LogP contribution in [0.2, 0.25) is 0 Å². The van der Waals surface area contributed by atoms with Crippen LogP contribution in [0.1, 0.15) is 25.8 Å². The second-order valence-electron chi connectivity index (χ2n) is 7.00. The van der Waals surface area contributed by atoms with Crippen molar-refractivity contribution in [1.82, 2.24) is 0 Å². The summed E-state index contributed by atoms with van der Waals surface area (Å²) in [5, 5.41) is 0. The molecule has 0 aromatic heterocycles. The van der Waals surface area contributed by atoms with Gasteiger partial charge in [0.1, 0.15) is 0 Å². The third kappa shape index (κ3) is 4.29. The fourth-order valence-corrected chi connectivity index (χ4v) is 5.97. The van der Waals surface area contributed by atoms with E-state index in [1.54, 1.807) is 6.07 Å². The summed E-state index contributed by atoms with van der Waals surface area (Å²) < 4.78 is 52.9. The van der Waals surface area contributed by atoms with Crippen LogP contribution in [0.5, 0.6) is 0 Å². The molecular weight excluding hydrogens is 426 g/mol. The zero-order valence-electron chi connectivity index (χ0n) is 17.1. The Morgan fingerprint density at radius 2 is 1.70 bits per heavy atom. The first kappa shape index (κ1) is 22.1. The maximum atomic E-state index is 12.8. The zero-order valence-corrected chi connectivity index (χ0v) is 18.8. The van der Waals surface area contributed by atoms with Gasteiger partial charge in [-0.1, -0.05) is 0 Å². The minimum absolute atomic E-state index is 0.0255. The Bertz CT molecular complexity index is 1160. The molecule has 0 bridgehead atoms. The summed E-state index contributed by atoms with van der Waals surface area (Å²) in [5.41, 5.74) is 2.40. The Balaban J connectivity index is 1.84. The molecule has 8 nitrogen and oxygen atoms in total. The molecule has 1 heterocycles. The van der Waals surface area contributed by atoms with E-state index >= 15 is 0 Å². The van der Waals surface area contributed by atoms with E-state index in [0.717, 1.165) is 28.6 Å². The van der Waals surface area contributed by atoms with Crippen LogP contribution in [0.25, 0.3) is 0 Å². The lowest BCUT2D eigenvalue weighted by Crippen LogP contribution is -2.29. The number of sulfonamides is 2. The molecule has 0 aliphatic carbocycles. The van der Waals surface area contributed by atoms with Crippen molar-refractivity contribution in [1.29, 1.82) is 0 Å². The van der Waals surface area contributed by atoms with Gasteiger partial charge in [-0.15, -0.1) is 0 Å². The molecule has 30 heavy (non-hydrogen) atoms. The van der Waals surface area contributed by atoms with E-state index in [1.807, 2.05) is 19.1 Å². The van der Waals surface area contributed by atoms with Gasteiger partial charge in [0.25, 0.3) is 10.0 Å². The number of nitrogens with zero attached hydrogens (tertiary/aromatic N) is 2. The molecule has 1 aliphatic heterocycles. The lowest BCUT2D eigenvalue weighted by atomic mass is 10.1. The molecule has 0 radical (unpaired) electrons. The third-order valence-electron chi connectivity index (χ3n) is 5.04. The Labute approximate surface area is 177 Å². The predicted molar refractivity (Wildman–Crippen MR) is 118 cm³/mol. The largest absolute Gasteiger partial charge is 0.372 e. The number of benzene rings is 2. The van der Waals surface area contributed by atoms with Crippen LogP contribution in [0.15, 0.2) is 47.4 Å². The molecular formula is C20H25N3O5S2. The van der Waals surface area contributed by atoms with E-state index in [0.29, 0.717) is 5.69 Å². The first-order valence-electron chi connectivity index (χ1n) is 9.63. The van der Waals surface area contributed by atoms with Gasteiger partial charge >= 0.3 is 0 Å². The van der Waals surface area contributed by atoms with E-state index in [4.69, 9.17) is 0 Å². The number of aryl methyl sites for hydroxylation is 1. The molecule has 1 fully saturated rings. The van der Waals surface area contributed by atoms with E-state index < -0.39 is 26.0 Å². The molecule has 0 spiro atoms. The van der Waals surface area contributed by atoms with Crippen molar-refractivity contribution in [3.63, 3.8) is 0 Å². The summed E-state index contributed by atoms with van der Waals surface area (Å²) in [7, 11) is -7.57. The van der Waals surface area contributed by atoms with Crippen LogP contribution in [0.4, 0.5) is 17.1 Å². The number of amides is 1. The Morgan fingerprint density at radius 1 is 1.07 bits per heavy atom. The van der Waals surface area contributed by atoms with Gasteiger partial charge in [-0.05, 0) is 68.8 Å². The van der Waals surface area contributed by atoms with Gasteiger partial charge in [-0.3, -0.25) is 9.52 Å². The number of nitrogens with one attached hydrogen (secondary N) is 1. The maximum absolute atomic E-state index is 12.8. The highest BCUT2D eigenvalue weighted by atomic mass is 32.2. The second kappa shape index (κ2) is 8.27. The van der Waals surface area contributed by atoms with Crippen molar-refractivity contribution >= 4 is 43.0 Å². The van der Waals surface area contributed by atoms with Crippen molar-refractivity contribution in [3.05, 3.63) is 48.0 Å². The summed E-state index contributed by atoms with van der Waals surface area (Å²) >= 11 is 0. The number of anilines is 3. The first-order valence-corrected chi connectivity index (χ1v) is 12.7. The molecule has 0 atom stereocenters. The van der Waals surface area contributed by atoms with Crippen molar-refractivity contribution < 1.29 is 21.6 Å². The van der Waals surface area contributed by atoms with Crippen LogP contribution in [-0.4, -0.2) is 41.6 Å². The van der Waals surface area contributed by atoms with Gasteiger partial charge in [0, 0.05) is 25.2 Å². The Kier molecular flexibility index (Phi) is 6.09. The van der Waals surface area contributed by atoms with Gasteiger partial charge in [-0.2, -0.15) is 0 Å². The predicted octanol–water partition coefficient (Wildman–Crippen LogP) is 2.71. The van der Waals surface area contributed by atoms with Crippen LogP contribution in [-0.2, 0) is 24.8 Å². The summed E-state index contributed by atoms with van der Waals surface area (Å²) in [6.45, 7) is 7.64. The number of hydrogen-bond acceptors (Lipinski definition) is 6. The summed E-state index contributed by atoms with van der Waals surface area (Å²) in [5.74, 6) is -0.761. The van der Waals surface area contributed by atoms with E-state index in [9.17, 15) is 21.6 Å². The fraction of sp³-hybridized carbons (Fsp3) is 0.350. The lowest BCUT2D eigenvalue weighted by molar-refractivity contribution is -0.116. The molecule has 0 saturated carbocycles. The average Bonchev–Trinajstić information content (AvgIpc) is 2.97. The normalized spacial score (nSPS) is 16.0. The van der Waals surface area contributed by atoms with E-state index in [-0.39, 0.29) is 22.8 Å². The summed E-state index contributed by atoms with van der Waals surface area (Å²) in [6, 6.07) is 10.8. The molecule has 3 rings (SSSR count). The number of hydrogen-bond donors (Lipinski definition) is 1. The minimum atomic E-state index is -3.88. The molecule has 1 aliphatic rings. The van der Waals surface area contributed by atoms with Crippen LogP contribution < -0.4 is 13.9 Å². The van der Waals surface area contributed by atoms with Crippen molar-refractivity contribution in [3.8, 4) is 0 Å². The summed E-state index contributed by atoms with van der Waals surface area (Å²) in [6.07, 6.45) is -0.0767. The molecule has 1 saturated heterocycles. The fourth-order valence-electron chi connectivity index (χ4n) is 3.38. The van der Waals surface area contributed by atoms with E-state index in [2.05, 4.69) is 23.5 Å². The van der Waals surface area contributed by atoms with Crippen LogP contribution in [0, 0.1) is 6.92 Å². The van der Waals surface area contributed by atoms with Gasteiger partial charge in [-0.25, -0.2) is 21.1 Å². The number of carbonyl (C=O) groups is 1.